The molecule has 2 heterocycles. The van der Waals surface area contributed by atoms with Crippen LogP contribution in [0.25, 0.3) is 0 Å². The maximum Gasteiger partial charge on any atom is 0.329 e. The lowest BCUT2D eigenvalue weighted by Gasteiger charge is -2.39. The van der Waals surface area contributed by atoms with Gasteiger partial charge in [-0.1, -0.05) is 72.8 Å². The summed E-state index contributed by atoms with van der Waals surface area (Å²) in [5, 5.41) is 10.5. The molecule has 0 amide bonds. The predicted octanol–water partition coefficient (Wildman–Crippen LogP) is 5.08. The highest BCUT2D eigenvalue weighted by Gasteiger charge is 2.50. The van der Waals surface area contributed by atoms with Gasteiger partial charge < -0.3 is 20.5 Å². The van der Waals surface area contributed by atoms with E-state index in [4.69, 9.17) is 4.74 Å². The maximum atomic E-state index is 17.0. The summed E-state index contributed by atoms with van der Waals surface area (Å²) in [4.78, 5) is 11.5. The Balaban J connectivity index is 1.57. The molecular weight excluding hydrogens is 663 g/mol. The zero-order valence-corrected chi connectivity index (χ0v) is 28.8. The van der Waals surface area contributed by atoms with Gasteiger partial charge in [0.15, 0.2) is 19.7 Å². The van der Waals surface area contributed by atoms with Crippen molar-refractivity contribution in [2.24, 2.45) is 0 Å². The fourth-order valence-electron chi connectivity index (χ4n) is 6.98. The van der Waals surface area contributed by atoms with Gasteiger partial charge in [0.1, 0.15) is 29.5 Å². The molecule has 3 aromatic rings. The SMILES string of the molecule is C[C@@H]1NC[C@@H](c2ccccc2)S(=O)(=O)C1C(F)c1ccc(C(F)C2[C@H](C)NC[C@@H](c3ccccc3)S2(=O)=O)c(C(C)(C)OCC(=O)O)c1. The summed E-state index contributed by atoms with van der Waals surface area (Å²) in [7, 11) is -8.23. The monoisotopic (exact) mass is 704 g/mol. The Bertz CT molecular complexity index is 1830. The van der Waals surface area contributed by atoms with Gasteiger partial charge >= 0.3 is 5.97 Å². The number of hydrogen-bond donors (Lipinski definition) is 3. The fraction of sp³-hybridized carbons (Fsp3) is 0.457. The van der Waals surface area contributed by atoms with Crippen LogP contribution in [-0.4, -0.2) is 70.2 Å². The zero-order valence-electron chi connectivity index (χ0n) is 27.2. The molecular formula is C35H42F2N2O7S2. The molecule has 2 aliphatic heterocycles. The minimum Gasteiger partial charge on any atom is -0.480 e. The molecule has 4 unspecified atom stereocenters. The third kappa shape index (κ3) is 6.93. The number of benzene rings is 3. The van der Waals surface area contributed by atoms with Gasteiger partial charge in [0.25, 0.3) is 0 Å². The first-order chi connectivity index (χ1) is 22.6. The van der Waals surface area contributed by atoms with Crippen LogP contribution in [0.1, 0.15) is 78.4 Å². The number of halogens is 2. The lowest BCUT2D eigenvalue weighted by atomic mass is 9.86. The van der Waals surface area contributed by atoms with Crippen molar-refractivity contribution in [3.05, 3.63) is 107 Å². The Kier molecular flexibility index (Phi) is 10.5. The van der Waals surface area contributed by atoms with Gasteiger partial charge in [0.2, 0.25) is 0 Å². The van der Waals surface area contributed by atoms with E-state index in [1.807, 2.05) is 0 Å². The third-order valence-corrected chi connectivity index (χ3v) is 14.9. The fourth-order valence-corrected chi connectivity index (χ4v) is 11.8. The number of alkyl halides is 2. The second-order valence-electron chi connectivity index (χ2n) is 13.1. The van der Waals surface area contributed by atoms with Gasteiger partial charge in [-0.15, -0.1) is 0 Å². The van der Waals surface area contributed by atoms with Crippen molar-refractivity contribution < 1.29 is 40.3 Å². The van der Waals surface area contributed by atoms with Crippen LogP contribution in [0, 0.1) is 0 Å². The van der Waals surface area contributed by atoms with Crippen LogP contribution in [0.2, 0.25) is 0 Å². The van der Waals surface area contributed by atoms with Crippen LogP contribution >= 0.6 is 0 Å². The predicted molar refractivity (Wildman–Crippen MR) is 179 cm³/mol. The average molecular weight is 705 g/mol. The van der Waals surface area contributed by atoms with Gasteiger partial charge in [-0.25, -0.2) is 30.4 Å². The first-order valence-corrected chi connectivity index (χ1v) is 19.1. The summed E-state index contributed by atoms with van der Waals surface area (Å²) in [6, 6.07) is 19.3. The lowest BCUT2D eigenvalue weighted by Crippen LogP contribution is -2.54. The molecule has 260 valence electrons. The molecule has 5 rings (SSSR count). The largest absolute Gasteiger partial charge is 0.480 e. The molecule has 8 atom stereocenters. The first-order valence-electron chi connectivity index (χ1n) is 15.9. The number of carbonyl (C=O) groups is 1. The summed E-state index contributed by atoms with van der Waals surface area (Å²) in [5.74, 6) is -1.29. The van der Waals surface area contributed by atoms with Crippen molar-refractivity contribution in [3.8, 4) is 0 Å². The Hall–Kier alpha value is -3.23. The maximum absolute atomic E-state index is 17.0. The van der Waals surface area contributed by atoms with E-state index in [2.05, 4.69) is 10.6 Å². The van der Waals surface area contributed by atoms with Crippen LogP contribution in [-0.2, 0) is 34.8 Å². The van der Waals surface area contributed by atoms with E-state index in [0.29, 0.717) is 11.1 Å². The second kappa shape index (κ2) is 13.9. The molecule has 2 saturated heterocycles. The lowest BCUT2D eigenvalue weighted by molar-refractivity contribution is -0.148. The topological polar surface area (TPSA) is 139 Å². The van der Waals surface area contributed by atoms with E-state index in [0.717, 1.165) is 0 Å². The molecule has 0 aliphatic carbocycles. The van der Waals surface area contributed by atoms with Crippen LogP contribution in [0.3, 0.4) is 0 Å². The molecule has 48 heavy (non-hydrogen) atoms. The molecule has 0 saturated carbocycles. The van der Waals surface area contributed by atoms with E-state index in [9.17, 15) is 26.7 Å². The molecule has 2 aliphatic rings. The number of aliphatic carboxylic acids is 1. The van der Waals surface area contributed by atoms with E-state index in [1.165, 1.54) is 32.0 Å². The highest BCUT2D eigenvalue weighted by molar-refractivity contribution is 7.92. The van der Waals surface area contributed by atoms with Crippen LogP contribution in [0.15, 0.2) is 78.9 Å². The van der Waals surface area contributed by atoms with Gasteiger partial charge in [-0.05, 0) is 61.6 Å². The minimum atomic E-state index is -4.13. The summed E-state index contributed by atoms with van der Waals surface area (Å²) >= 11 is 0. The van der Waals surface area contributed by atoms with E-state index in [-0.39, 0.29) is 29.8 Å². The molecule has 0 aromatic heterocycles. The Morgan fingerprint density at radius 1 is 0.812 bits per heavy atom. The normalized spacial score (nSPS) is 28.3. The third-order valence-electron chi connectivity index (χ3n) is 9.61. The van der Waals surface area contributed by atoms with Gasteiger partial charge in [-0.3, -0.25) is 0 Å². The van der Waals surface area contributed by atoms with E-state index >= 15 is 8.78 Å². The summed E-state index contributed by atoms with van der Waals surface area (Å²) in [6.45, 7) is 5.56. The summed E-state index contributed by atoms with van der Waals surface area (Å²) < 4.78 is 95.2. The smallest absolute Gasteiger partial charge is 0.329 e. The molecule has 13 heteroatoms. The van der Waals surface area contributed by atoms with Crippen molar-refractivity contribution in [2.45, 2.75) is 78.7 Å². The number of ether oxygens (including phenoxy) is 1. The van der Waals surface area contributed by atoms with Crippen molar-refractivity contribution in [1.29, 1.82) is 0 Å². The Morgan fingerprint density at radius 2 is 1.27 bits per heavy atom. The van der Waals surface area contributed by atoms with Crippen molar-refractivity contribution in [3.63, 3.8) is 0 Å². The zero-order chi connectivity index (χ0) is 35.0. The number of sulfone groups is 2. The molecule has 9 nitrogen and oxygen atoms in total. The minimum absolute atomic E-state index is 0.0223. The molecule has 3 aromatic carbocycles. The van der Waals surface area contributed by atoms with E-state index < -0.39 is 83.3 Å². The summed E-state index contributed by atoms with van der Waals surface area (Å²) in [5.41, 5.74) is -0.669. The number of carboxylic acids is 1. The molecule has 2 fully saturated rings. The molecule has 3 N–H and O–H groups in total. The van der Waals surface area contributed by atoms with E-state index in [1.54, 1.807) is 74.5 Å². The number of carboxylic acid groups (broad SMARTS) is 1. The number of nitrogens with one attached hydrogen (secondary N) is 2. The van der Waals surface area contributed by atoms with Crippen molar-refractivity contribution >= 4 is 25.6 Å². The van der Waals surface area contributed by atoms with Crippen LogP contribution in [0.5, 0.6) is 0 Å². The highest BCUT2D eigenvalue weighted by atomic mass is 32.2. The number of rotatable bonds is 10. The highest BCUT2D eigenvalue weighted by Crippen LogP contribution is 2.44. The second-order valence-corrected chi connectivity index (χ2v) is 17.7. The standard InChI is InChI=1S/C35H42F2N2O7S2/c1-21-33(47(42,43)28(18-38-21)23-11-7-5-8-12-23)31(36)25-15-16-26(27(17-25)35(3,4)46-20-30(40)41)32(37)34-22(2)39-19-29(48(34,44)45)24-13-9-6-10-14-24/h5-17,21-22,28-29,31-34,38-39H,18-20H2,1-4H3,(H,40,41)/t21-,22-,28-,29-,31?,32?,33?,34?/m0/s1. The first kappa shape index (κ1) is 36.1. The van der Waals surface area contributed by atoms with Crippen molar-refractivity contribution in [1.82, 2.24) is 10.6 Å². The number of hydrogen-bond acceptors (Lipinski definition) is 8. The van der Waals surface area contributed by atoms with Crippen molar-refractivity contribution in [2.75, 3.05) is 19.7 Å². The Morgan fingerprint density at radius 3 is 1.73 bits per heavy atom. The van der Waals surface area contributed by atoms with Gasteiger partial charge in [0, 0.05) is 25.2 Å². The van der Waals surface area contributed by atoms with Gasteiger partial charge in [-0.2, -0.15) is 0 Å². The molecule has 0 bridgehead atoms. The van der Waals surface area contributed by atoms with Gasteiger partial charge in [0.05, 0.1) is 16.1 Å². The van der Waals surface area contributed by atoms with Crippen LogP contribution < -0.4 is 10.6 Å². The molecule has 0 radical (unpaired) electrons. The molecule has 0 spiro atoms. The Labute approximate surface area is 280 Å². The quantitative estimate of drug-likeness (QED) is 0.264. The summed E-state index contributed by atoms with van der Waals surface area (Å²) in [6.07, 6.45) is -4.19. The van der Waals surface area contributed by atoms with Crippen LogP contribution in [0.4, 0.5) is 8.78 Å². The average Bonchev–Trinajstić information content (AvgIpc) is 3.03.